The van der Waals surface area contributed by atoms with Gasteiger partial charge < -0.3 is 10.6 Å². The van der Waals surface area contributed by atoms with Gasteiger partial charge in [-0.2, -0.15) is 0 Å². The van der Waals surface area contributed by atoms with Crippen LogP contribution in [0.4, 0.5) is 0 Å². The second-order valence-corrected chi connectivity index (χ2v) is 2.42. The first-order chi connectivity index (χ1) is 4.34. The van der Waals surface area contributed by atoms with Gasteiger partial charge in [0.1, 0.15) is 0 Å². The fourth-order valence-corrected chi connectivity index (χ4v) is 1.16. The highest BCUT2D eigenvalue weighted by atomic mass is 15.0. The molecule has 1 heterocycles. The summed E-state index contributed by atoms with van der Waals surface area (Å²) in [5, 5.41) is 6.40. The third-order valence-electron chi connectivity index (χ3n) is 1.80. The molecule has 2 N–H and O–H groups in total. The number of hydrogen-bond acceptors (Lipinski definition) is 2. The van der Waals surface area contributed by atoms with E-state index < -0.39 is 0 Å². The van der Waals surface area contributed by atoms with Gasteiger partial charge in [-0.15, -0.1) is 0 Å². The summed E-state index contributed by atoms with van der Waals surface area (Å²) in [5.74, 6) is 0. The Labute approximate surface area is 56.3 Å². The van der Waals surface area contributed by atoms with E-state index in [4.69, 9.17) is 0 Å². The summed E-state index contributed by atoms with van der Waals surface area (Å²) in [6, 6.07) is 0.523. The van der Waals surface area contributed by atoms with Crippen LogP contribution in [-0.2, 0) is 0 Å². The summed E-state index contributed by atoms with van der Waals surface area (Å²) >= 11 is 0. The summed E-state index contributed by atoms with van der Waals surface area (Å²) < 4.78 is 0. The van der Waals surface area contributed by atoms with Crippen LogP contribution in [0.1, 0.15) is 12.8 Å². The van der Waals surface area contributed by atoms with Gasteiger partial charge in [-0.1, -0.05) is 6.58 Å². The molecule has 0 radical (unpaired) electrons. The molecule has 1 unspecified atom stereocenters. The minimum atomic E-state index is 0.523. The average molecular weight is 126 g/mol. The van der Waals surface area contributed by atoms with E-state index in [9.17, 15) is 0 Å². The van der Waals surface area contributed by atoms with Gasteiger partial charge in [-0.25, -0.2) is 0 Å². The fraction of sp³-hybridized carbons (Fsp3) is 0.714. The SMILES string of the molecule is C=C(NC)C1CCCN1. The van der Waals surface area contributed by atoms with Crippen LogP contribution in [0.15, 0.2) is 12.3 Å². The molecular formula is C7H14N2. The van der Waals surface area contributed by atoms with Crippen LogP contribution in [0, 0.1) is 0 Å². The lowest BCUT2D eigenvalue weighted by molar-refractivity contribution is 0.650. The Hall–Kier alpha value is -0.500. The van der Waals surface area contributed by atoms with E-state index in [-0.39, 0.29) is 0 Å². The highest BCUT2D eigenvalue weighted by molar-refractivity contribution is 5.04. The van der Waals surface area contributed by atoms with Gasteiger partial charge in [0.15, 0.2) is 0 Å². The van der Waals surface area contributed by atoms with Crippen LogP contribution in [0.3, 0.4) is 0 Å². The van der Waals surface area contributed by atoms with Crippen molar-refractivity contribution >= 4 is 0 Å². The molecule has 0 spiro atoms. The second kappa shape index (κ2) is 2.87. The maximum absolute atomic E-state index is 3.88. The van der Waals surface area contributed by atoms with E-state index in [1.165, 1.54) is 12.8 Å². The predicted octanol–water partition coefficient (Wildman–Crippen LogP) is 0.471. The monoisotopic (exact) mass is 126 g/mol. The first kappa shape index (κ1) is 6.62. The Bertz CT molecular complexity index is 103. The molecule has 0 saturated carbocycles. The molecule has 0 aromatic carbocycles. The maximum Gasteiger partial charge on any atom is 0.0463 e. The number of nitrogens with one attached hydrogen (secondary N) is 2. The van der Waals surface area contributed by atoms with Crippen molar-refractivity contribution in [1.82, 2.24) is 10.6 Å². The van der Waals surface area contributed by atoms with Crippen molar-refractivity contribution in [3.8, 4) is 0 Å². The molecule has 0 aromatic rings. The second-order valence-electron chi connectivity index (χ2n) is 2.42. The lowest BCUT2D eigenvalue weighted by Crippen LogP contribution is -2.28. The molecule has 9 heavy (non-hydrogen) atoms. The van der Waals surface area contributed by atoms with Gasteiger partial charge in [0.2, 0.25) is 0 Å². The number of likely N-dealkylation sites (N-methyl/N-ethyl adjacent to an activating group) is 1. The van der Waals surface area contributed by atoms with Crippen molar-refractivity contribution in [2.45, 2.75) is 18.9 Å². The van der Waals surface area contributed by atoms with E-state index in [1.54, 1.807) is 0 Å². The molecule has 1 rings (SSSR count). The Morgan fingerprint density at radius 3 is 3.00 bits per heavy atom. The highest BCUT2D eigenvalue weighted by Crippen LogP contribution is 2.09. The van der Waals surface area contributed by atoms with E-state index in [1.807, 2.05) is 7.05 Å². The Morgan fingerprint density at radius 2 is 2.56 bits per heavy atom. The third-order valence-corrected chi connectivity index (χ3v) is 1.80. The molecule has 1 atom stereocenters. The summed E-state index contributed by atoms with van der Waals surface area (Å²) in [6.07, 6.45) is 2.52. The molecule has 0 aromatic heterocycles. The zero-order valence-electron chi connectivity index (χ0n) is 5.91. The minimum absolute atomic E-state index is 0.523. The fourth-order valence-electron chi connectivity index (χ4n) is 1.16. The van der Waals surface area contributed by atoms with Crippen molar-refractivity contribution in [3.63, 3.8) is 0 Å². The van der Waals surface area contributed by atoms with Gasteiger partial charge in [0.05, 0.1) is 0 Å². The first-order valence-corrected chi connectivity index (χ1v) is 3.44. The standard InChI is InChI=1S/C7H14N2/c1-6(8-2)7-4-3-5-9-7/h7-9H,1,3-5H2,2H3. The smallest absolute Gasteiger partial charge is 0.0463 e. The zero-order valence-corrected chi connectivity index (χ0v) is 5.91. The average Bonchev–Trinajstić information content (AvgIpc) is 2.37. The van der Waals surface area contributed by atoms with Crippen molar-refractivity contribution in [2.24, 2.45) is 0 Å². The summed E-state index contributed by atoms with van der Waals surface area (Å²) in [4.78, 5) is 0. The van der Waals surface area contributed by atoms with Crippen LogP contribution in [-0.4, -0.2) is 19.6 Å². The van der Waals surface area contributed by atoms with Crippen LogP contribution in [0.25, 0.3) is 0 Å². The Balaban J connectivity index is 2.32. The van der Waals surface area contributed by atoms with E-state index in [0.717, 1.165) is 12.2 Å². The molecule has 0 amide bonds. The van der Waals surface area contributed by atoms with Gasteiger partial charge in [-0.3, -0.25) is 0 Å². The molecular weight excluding hydrogens is 112 g/mol. The van der Waals surface area contributed by atoms with Crippen LogP contribution < -0.4 is 10.6 Å². The van der Waals surface area contributed by atoms with Crippen LogP contribution >= 0.6 is 0 Å². The van der Waals surface area contributed by atoms with Gasteiger partial charge >= 0.3 is 0 Å². The van der Waals surface area contributed by atoms with Crippen molar-refractivity contribution in [3.05, 3.63) is 12.3 Å². The van der Waals surface area contributed by atoms with Crippen molar-refractivity contribution in [1.29, 1.82) is 0 Å². The summed E-state index contributed by atoms with van der Waals surface area (Å²) in [6.45, 7) is 5.03. The molecule has 1 aliphatic heterocycles. The minimum Gasteiger partial charge on any atom is -0.391 e. The van der Waals surface area contributed by atoms with Crippen LogP contribution in [0.5, 0.6) is 0 Å². The lowest BCUT2D eigenvalue weighted by atomic mass is 10.2. The van der Waals surface area contributed by atoms with E-state index in [0.29, 0.717) is 6.04 Å². The normalized spacial score (nSPS) is 26.1. The van der Waals surface area contributed by atoms with Crippen molar-refractivity contribution in [2.75, 3.05) is 13.6 Å². The van der Waals surface area contributed by atoms with Gasteiger partial charge in [-0.05, 0) is 19.4 Å². The number of rotatable bonds is 2. The van der Waals surface area contributed by atoms with Gasteiger partial charge in [0, 0.05) is 18.8 Å². The predicted molar refractivity (Wildman–Crippen MR) is 39.2 cm³/mol. The largest absolute Gasteiger partial charge is 0.391 e. The quantitative estimate of drug-likeness (QED) is 0.562. The van der Waals surface area contributed by atoms with Crippen molar-refractivity contribution < 1.29 is 0 Å². The molecule has 0 bridgehead atoms. The van der Waals surface area contributed by atoms with E-state index >= 15 is 0 Å². The molecule has 1 fully saturated rings. The lowest BCUT2D eigenvalue weighted by Gasteiger charge is -2.11. The summed E-state index contributed by atoms with van der Waals surface area (Å²) in [7, 11) is 1.92. The molecule has 2 nitrogen and oxygen atoms in total. The molecule has 1 saturated heterocycles. The zero-order chi connectivity index (χ0) is 6.69. The molecule has 2 heteroatoms. The van der Waals surface area contributed by atoms with Crippen LogP contribution in [0.2, 0.25) is 0 Å². The first-order valence-electron chi connectivity index (χ1n) is 3.44. The molecule has 52 valence electrons. The maximum atomic E-state index is 3.88. The molecule has 0 aliphatic carbocycles. The van der Waals surface area contributed by atoms with Gasteiger partial charge in [0.25, 0.3) is 0 Å². The Kier molecular flexibility index (Phi) is 2.11. The summed E-state index contributed by atoms with van der Waals surface area (Å²) in [5.41, 5.74) is 1.12. The Morgan fingerprint density at radius 1 is 1.78 bits per heavy atom. The topological polar surface area (TPSA) is 24.1 Å². The molecule has 1 aliphatic rings. The highest BCUT2D eigenvalue weighted by Gasteiger charge is 2.15. The number of hydrogen-bond donors (Lipinski definition) is 2. The third kappa shape index (κ3) is 1.45. The van der Waals surface area contributed by atoms with E-state index in [2.05, 4.69) is 17.2 Å².